The molecule has 3 rings (SSSR count). The summed E-state index contributed by atoms with van der Waals surface area (Å²) >= 11 is 0. The van der Waals surface area contributed by atoms with E-state index in [9.17, 15) is 4.79 Å². The highest BCUT2D eigenvalue weighted by atomic mass is 16.5. The summed E-state index contributed by atoms with van der Waals surface area (Å²) < 4.78 is 11.0. The summed E-state index contributed by atoms with van der Waals surface area (Å²) in [6, 6.07) is 13.1. The molecule has 5 heteroatoms. The zero-order chi connectivity index (χ0) is 17.3. The van der Waals surface area contributed by atoms with E-state index < -0.39 is 11.5 Å². The van der Waals surface area contributed by atoms with Gasteiger partial charge in [0, 0.05) is 6.04 Å². The summed E-state index contributed by atoms with van der Waals surface area (Å²) in [5.41, 5.74) is -0.389. The van der Waals surface area contributed by atoms with Gasteiger partial charge in [-0.2, -0.15) is 0 Å². The molecule has 1 aromatic heterocycles. The summed E-state index contributed by atoms with van der Waals surface area (Å²) in [5.74, 6) is 1.10. The third kappa shape index (κ3) is 2.40. The van der Waals surface area contributed by atoms with Crippen LogP contribution in [0.4, 0.5) is 0 Å². The van der Waals surface area contributed by atoms with E-state index >= 15 is 0 Å². The van der Waals surface area contributed by atoms with Crippen LogP contribution in [0.15, 0.2) is 51.9 Å². The lowest BCUT2D eigenvalue weighted by molar-refractivity contribution is -0.149. The summed E-state index contributed by atoms with van der Waals surface area (Å²) in [7, 11) is 1.39. The molecule has 0 unspecified atom stereocenters. The first-order valence-corrected chi connectivity index (χ1v) is 8.03. The lowest BCUT2D eigenvalue weighted by Crippen LogP contribution is -2.45. The fraction of sp³-hybridized carbons (Fsp3) is 0.368. The van der Waals surface area contributed by atoms with Crippen LogP contribution in [0.5, 0.6) is 0 Å². The molecule has 0 amide bonds. The van der Waals surface area contributed by atoms with E-state index in [1.165, 1.54) is 7.11 Å². The largest absolute Gasteiger partial charge is 0.467 e. The average Bonchev–Trinajstić information content (AvgIpc) is 3.19. The molecule has 0 saturated carbocycles. The lowest BCUT2D eigenvalue weighted by atomic mass is 9.81. The topological polar surface area (TPSA) is 55.0 Å². The Balaban J connectivity index is 2.22. The molecule has 0 aliphatic carbocycles. The van der Waals surface area contributed by atoms with Crippen LogP contribution in [0.25, 0.3) is 0 Å². The summed E-state index contributed by atoms with van der Waals surface area (Å²) in [5, 5.41) is 0. The monoisotopic (exact) mass is 326 g/mol. The fourth-order valence-electron chi connectivity index (χ4n) is 3.26. The van der Waals surface area contributed by atoms with Gasteiger partial charge >= 0.3 is 5.97 Å². The second-order valence-electron chi connectivity index (χ2n) is 6.26. The number of benzene rings is 1. The van der Waals surface area contributed by atoms with E-state index in [2.05, 4.69) is 18.8 Å². The van der Waals surface area contributed by atoms with Crippen LogP contribution >= 0.6 is 0 Å². The molecular formula is C19H22N2O3. The van der Waals surface area contributed by atoms with E-state index in [1.54, 1.807) is 6.34 Å². The third-order valence-corrected chi connectivity index (χ3v) is 4.43. The normalized spacial score (nSPS) is 23.0. The van der Waals surface area contributed by atoms with Crippen molar-refractivity contribution in [2.45, 2.75) is 38.4 Å². The molecule has 0 saturated heterocycles. The number of rotatable bonds is 4. The van der Waals surface area contributed by atoms with Crippen LogP contribution in [0.1, 0.15) is 37.0 Å². The number of esters is 1. The third-order valence-electron chi connectivity index (χ3n) is 4.43. The van der Waals surface area contributed by atoms with Crippen molar-refractivity contribution in [3.8, 4) is 0 Å². The Labute approximate surface area is 141 Å². The van der Waals surface area contributed by atoms with Gasteiger partial charge in [0.25, 0.3) is 0 Å². The maximum Gasteiger partial charge on any atom is 0.341 e. The first-order valence-electron chi connectivity index (χ1n) is 8.03. The number of aryl methyl sites for hydroxylation is 1. The fourth-order valence-corrected chi connectivity index (χ4v) is 3.26. The molecule has 1 aliphatic heterocycles. The number of nitrogens with zero attached hydrogens (tertiary/aromatic N) is 2. The Kier molecular flexibility index (Phi) is 4.18. The lowest BCUT2D eigenvalue weighted by Gasteiger charge is -2.36. The van der Waals surface area contributed by atoms with Crippen molar-refractivity contribution in [1.29, 1.82) is 0 Å². The zero-order valence-corrected chi connectivity index (χ0v) is 14.4. The van der Waals surface area contributed by atoms with Crippen LogP contribution in [0.2, 0.25) is 0 Å². The maximum atomic E-state index is 12.9. The predicted molar refractivity (Wildman–Crippen MR) is 91.8 cm³/mol. The molecule has 1 aliphatic rings. The number of methoxy groups -OCH3 is 1. The summed E-state index contributed by atoms with van der Waals surface area (Å²) in [6.07, 6.45) is 1.73. The number of furan rings is 1. The van der Waals surface area contributed by atoms with Gasteiger partial charge in [-0.15, -0.1) is 0 Å². The van der Waals surface area contributed by atoms with E-state index in [0.29, 0.717) is 5.76 Å². The van der Waals surface area contributed by atoms with Gasteiger partial charge in [-0.1, -0.05) is 30.3 Å². The van der Waals surface area contributed by atoms with Crippen molar-refractivity contribution in [1.82, 2.24) is 4.90 Å². The molecule has 5 nitrogen and oxygen atoms in total. The number of carbonyl (C=O) groups is 1. The van der Waals surface area contributed by atoms with E-state index in [-0.39, 0.29) is 12.1 Å². The average molecular weight is 326 g/mol. The number of hydrogen-bond donors (Lipinski definition) is 0. The zero-order valence-electron chi connectivity index (χ0n) is 14.4. The van der Waals surface area contributed by atoms with Gasteiger partial charge in [0.2, 0.25) is 5.54 Å². The Morgan fingerprint density at radius 2 is 1.96 bits per heavy atom. The molecular weight excluding hydrogens is 304 g/mol. The van der Waals surface area contributed by atoms with Crippen molar-refractivity contribution in [2.24, 2.45) is 4.99 Å². The van der Waals surface area contributed by atoms with Crippen LogP contribution in [-0.2, 0) is 15.1 Å². The predicted octanol–water partition coefficient (Wildman–Crippen LogP) is 3.45. The van der Waals surface area contributed by atoms with E-state index in [0.717, 1.165) is 11.3 Å². The van der Waals surface area contributed by atoms with Gasteiger partial charge in [-0.3, -0.25) is 0 Å². The minimum Gasteiger partial charge on any atom is -0.467 e. The Morgan fingerprint density at radius 1 is 1.25 bits per heavy atom. The Hall–Kier alpha value is -2.56. The van der Waals surface area contributed by atoms with Crippen molar-refractivity contribution in [2.75, 3.05) is 7.11 Å². The summed E-state index contributed by atoms with van der Waals surface area (Å²) in [6.45, 7) is 6.02. The van der Waals surface area contributed by atoms with Gasteiger partial charge < -0.3 is 14.1 Å². The molecule has 2 heterocycles. The highest BCUT2D eigenvalue weighted by Crippen LogP contribution is 2.47. The molecule has 0 radical (unpaired) electrons. The van der Waals surface area contributed by atoms with Gasteiger partial charge in [0.1, 0.15) is 17.6 Å². The minimum absolute atomic E-state index is 0.152. The van der Waals surface area contributed by atoms with Crippen molar-refractivity contribution in [3.63, 3.8) is 0 Å². The smallest absolute Gasteiger partial charge is 0.341 e. The first kappa shape index (κ1) is 16.3. The Bertz CT molecular complexity index is 751. The van der Waals surface area contributed by atoms with Gasteiger partial charge in [-0.25, -0.2) is 9.79 Å². The Morgan fingerprint density at radius 3 is 2.50 bits per heavy atom. The van der Waals surface area contributed by atoms with Crippen molar-refractivity contribution < 1.29 is 13.9 Å². The molecule has 2 atom stereocenters. The molecule has 0 spiro atoms. The molecule has 1 aromatic carbocycles. The van der Waals surface area contributed by atoms with Gasteiger partial charge in [0.05, 0.1) is 13.4 Å². The van der Waals surface area contributed by atoms with Crippen molar-refractivity contribution in [3.05, 3.63) is 59.5 Å². The van der Waals surface area contributed by atoms with Crippen molar-refractivity contribution >= 4 is 12.3 Å². The number of ether oxygens (including phenoxy) is 1. The second kappa shape index (κ2) is 6.15. The maximum absolute atomic E-state index is 12.9. The van der Waals surface area contributed by atoms with Crippen LogP contribution in [0, 0.1) is 6.92 Å². The number of carbonyl (C=O) groups excluding carboxylic acids is 1. The highest BCUT2D eigenvalue weighted by molar-refractivity contribution is 5.88. The second-order valence-corrected chi connectivity index (χ2v) is 6.26. The van der Waals surface area contributed by atoms with E-state index in [1.807, 2.05) is 54.3 Å². The summed E-state index contributed by atoms with van der Waals surface area (Å²) in [4.78, 5) is 19.6. The van der Waals surface area contributed by atoms with E-state index in [4.69, 9.17) is 9.15 Å². The molecule has 126 valence electrons. The number of hydrogen-bond acceptors (Lipinski definition) is 5. The molecule has 0 bridgehead atoms. The molecule has 0 N–H and O–H groups in total. The van der Waals surface area contributed by atoms with Crippen LogP contribution in [-0.4, -0.2) is 30.4 Å². The first-order chi connectivity index (χ1) is 11.5. The van der Waals surface area contributed by atoms with Gasteiger partial charge in [-0.05, 0) is 38.5 Å². The van der Waals surface area contributed by atoms with Gasteiger partial charge in [0.15, 0.2) is 0 Å². The molecule has 0 fully saturated rings. The molecule has 24 heavy (non-hydrogen) atoms. The molecule has 2 aromatic rings. The standard InChI is InChI=1S/C19H22N2O3/c1-13(2)21-12-20-19(18(22)23-4,15-8-6-5-7-9-15)17(21)16-11-10-14(3)24-16/h5-13,17H,1-4H3/t17-,19+/m1/s1. The number of aliphatic imine (C=N–C) groups is 1. The SMILES string of the molecule is COC(=O)[C@@]1(c2ccccc2)N=CN(C(C)C)[C@@H]1c1ccc(C)o1. The van der Waals surface area contributed by atoms with Crippen LogP contribution < -0.4 is 0 Å². The minimum atomic E-state index is -1.18. The van der Waals surface area contributed by atoms with Crippen LogP contribution in [0.3, 0.4) is 0 Å². The highest BCUT2D eigenvalue weighted by Gasteiger charge is 2.56. The quantitative estimate of drug-likeness (QED) is 0.808.